The predicted molar refractivity (Wildman–Crippen MR) is 87.4 cm³/mol. The van der Waals surface area contributed by atoms with E-state index in [1.165, 1.54) is 0 Å². The number of piperidine rings is 1. The summed E-state index contributed by atoms with van der Waals surface area (Å²) in [5.74, 6) is 0. The van der Waals surface area contributed by atoms with Gasteiger partial charge in [-0.1, -0.05) is 13.8 Å². The quantitative estimate of drug-likeness (QED) is 0.754. The maximum atomic E-state index is 11.8. The summed E-state index contributed by atoms with van der Waals surface area (Å²) in [4.78, 5) is 14.0. The highest BCUT2D eigenvalue weighted by molar-refractivity contribution is 7.17. The zero-order chi connectivity index (χ0) is 16.8. The van der Waals surface area contributed by atoms with Gasteiger partial charge < -0.3 is 10.1 Å². The van der Waals surface area contributed by atoms with Crippen LogP contribution in [0.4, 0.5) is 4.79 Å². The van der Waals surface area contributed by atoms with Crippen molar-refractivity contribution in [1.29, 1.82) is 0 Å². The van der Waals surface area contributed by atoms with E-state index in [0.29, 0.717) is 0 Å². The maximum absolute atomic E-state index is 11.8. The SMILES string of the molecule is CCC(CC)(O[PH+]=O)N1CCC(NC(=O)OC(C)(C)C)CC1. The van der Waals surface area contributed by atoms with Gasteiger partial charge >= 0.3 is 14.8 Å². The van der Waals surface area contributed by atoms with Crippen LogP contribution >= 0.6 is 8.69 Å². The minimum atomic E-state index is -0.751. The molecule has 0 spiro atoms. The zero-order valence-corrected chi connectivity index (χ0v) is 15.4. The van der Waals surface area contributed by atoms with Crippen molar-refractivity contribution in [2.24, 2.45) is 0 Å². The summed E-state index contributed by atoms with van der Waals surface area (Å²) in [5, 5.41) is 2.93. The van der Waals surface area contributed by atoms with Gasteiger partial charge in [0.05, 0.1) is 0 Å². The lowest BCUT2D eigenvalue weighted by atomic mass is 9.98. The fourth-order valence-electron chi connectivity index (χ4n) is 2.89. The maximum Gasteiger partial charge on any atom is 0.496 e. The molecular formula is C15H30N2O4P+. The number of alkyl carbamates (subject to hydrolysis) is 1. The van der Waals surface area contributed by atoms with Crippen LogP contribution in [0.3, 0.4) is 0 Å². The molecule has 0 bridgehead atoms. The molecule has 1 N–H and O–H groups in total. The van der Waals surface area contributed by atoms with E-state index in [4.69, 9.17) is 9.26 Å². The Morgan fingerprint density at radius 2 is 1.77 bits per heavy atom. The Morgan fingerprint density at radius 1 is 1.23 bits per heavy atom. The number of carbonyl (C=O) groups is 1. The lowest BCUT2D eigenvalue weighted by molar-refractivity contribution is -0.0949. The van der Waals surface area contributed by atoms with Gasteiger partial charge in [-0.3, -0.25) is 4.90 Å². The second-order valence-corrected chi connectivity index (χ2v) is 7.12. The fourth-order valence-corrected chi connectivity index (χ4v) is 3.46. The number of hydrogen-bond donors (Lipinski definition) is 1. The van der Waals surface area contributed by atoms with E-state index in [1.54, 1.807) is 0 Å². The van der Waals surface area contributed by atoms with Crippen molar-refractivity contribution in [1.82, 2.24) is 10.2 Å². The molecule has 1 fully saturated rings. The number of likely N-dealkylation sites (tertiary alicyclic amines) is 1. The third-order valence-corrected chi connectivity index (χ3v) is 4.59. The number of rotatable bonds is 6. The van der Waals surface area contributed by atoms with E-state index in [1.807, 2.05) is 20.8 Å². The Balaban J connectivity index is 2.52. The fraction of sp³-hybridized carbons (Fsp3) is 0.933. The van der Waals surface area contributed by atoms with Gasteiger partial charge in [0, 0.05) is 19.1 Å². The Hall–Kier alpha value is -0.710. The van der Waals surface area contributed by atoms with E-state index in [2.05, 4.69) is 24.1 Å². The molecule has 6 nitrogen and oxygen atoms in total. The highest BCUT2D eigenvalue weighted by atomic mass is 31.1. The molecule has 1 saturated heterocycles. The van der Waals surface area contributed by atoms with Crippen LogP contribution in [0.2, 0.25) is 0 Å². The van der Waals surface area contributed by atoms with Crippen LogP contribution < -0.4 is 5.32 Å². The van der Waals surface area contributed by atoms with Crippen LogP contribution in [0, 0.1) is 0 Å². The Bertz CT molecular complexity index is 372. The third-order valence-electron chi connectivity index (χ3n) is 4.13. The van der Waals surface area contributed by atoms with Crippen LogP contribution in [-0.2, 0) is 13.8 Å². The van der Waals surface area contributed by atoms with Crippen LogP contribution in [-0.4, -0.2) is 41.5 Å². The van der Waals surface area contributed by atoms with Gasteiger partial charge in [-0.2, -0.15) is 0 Å². The Morgan fingerprint density at radius 3 is 2.18 bits per heavy atom. The van der Waals surface area contributed by atoms with Crippen molar-refractivity contribution >= 4 is 14.8 Å². The lowest BCUT2D eigenvalue weighted by Gasteiger charge is -2.42. The first kappa shape index (κ1) is 19.3. The van der Waals surface area contributed by atoms with Gasteiger partial charge in [0.2, 0.25) is 0 Å². The van der Waals surface area contributed by atoms with Crippen LogP contribution in [0.25, 0.3) is 0 Å². The number of nitrogens with one attached hydrogen (secondary N) is 1. The van der Waals surface area contributed by atoms with E-state index >= 15 is 0 Å². The molecule has 128 valence electrons. The molecule has 0 aliphatic carbocycles. The lowest BCUT2D eigenvalue weighted by Crippen LogP contribution is -2.55. The molecular weight excluding hydrogens is 303 g/mol. The van der Waals surface area contributed by atoms with E-state index < -0.39 is 20.0 Å². The van der Waals surface area contributed by atoms with Gasteiger partial charge in [-0.25, -0.2) is 4.79 Å². The molecule has 22 heavy (non-hydrogen) atoms. The molecule has 7 heteroatoms. The number of carbonyl (C=O) groups excluding carboxylic acids is 1. The second kappa shape index (κ2) is 8.23. The first-order chi connectivity index (χ1) is 10.3. The molecule has 0 radical (unpaired) electrons. The summed E-state index contributed by atoms with van der Waals surface area (Å²) in [7, 11) is -0.751. The molecule has 1 aliphatic heterocycles. The number of amides is 1. The number of ether oxygens (including phenoxy) is 1. The molecule has 1 unspecified atom stereocenters. The standard InChI is InChI=1S/C15H29N2O4P/c1-6-15(7-2,21-22-19)17-10-8-12(9-11-17)16-13(18)20-14(3,4)5/h12,22H,6-11H2,1-5H3/p+1. The van der Waals surface area contributed by atoms with Crippen molar-refractivity contribution < 1.29 is 18.6 Å². The van der Waals surface area contributed by atoms with E-state index in [0.717, 1.165) is 38.8 Å². The van der Waals surface area contributed by atoms with Gasteiger partial charge in [-0.05, 0) is 51.0 Å². The van der Waals surface area contributed by atoms with Gasteiger partial charge in [0.1, 0.15) is 5.60 Å². The van der Waals surface area contributed by atoms with Crippen molar-refractivity contribution in [3.8, 4) is 0 Å². The largest absolute Gasteiger partial charge is 0.496 e. The molecule has 0 saturated carbocycles. The Kier molecular flexibility index (Phi) is 7.23. The van der Waals surface area contributed by atoms with Crippen LogP contribution in [0.1, 0.15) is 60.3 Å². The summed E-state index contributed by atoms with van der Waals surface area (Å²) < 4.78 is 21.8. The summed E-state index contributed by atoms with van der Waals surface area (Å²) >= 11 is 0. The average molecular weight is 333 g/mol. The third kappa shape index (κ3) is 5.49. The summed E-state index contributed by atoms with van der Waals surface area (Å²) in [6.45, 7) is 11.3. The average Bonchev–Trinajstić information content (AvgIpc) is 2.44. The van der Waals surface area contributed by atoms with Crippen LogP contribution in [0.5, 0.6) is 0 Å². The van der Waals surface area contributed by atoms with Gasteiger partial charge in [0.15, 0.2) is 5.72 Å². The van der Waals surface area contributed by atoms with Crippen molar-refractivity contribution in [3.63, 3.8) is 0 Å². The highest BCUT2D eigenvalue weighted by Gasteiger charge is 2.40. The van der Waals surface area contributed by atoms with Crippen molar-refractivity contribution in [2.75, 3.05) is 13.1 Å². The van der Waals surface area contributed by atoms with Gasteiger partial charge in [0.25, 0.3) is 0 Å². The minimum Gasteiger partial charge on any atom is -0.444 e. The summed E-state index contributed by atoms with van der Waals surface area (Å²) in [5.41, 5.74) is -0.926. The summed E-state index contributed by atoms with van der Waals surface area (Å²) in [6, 6.07) is 0.118. The monoisotopic (exact) mass is 333 g/mol. The molecule has 0 aromatic carbocycles. The highest BCUT2D eigenvalue weighted by Crippen LogP contribution is 2.32. The molecule has 1 heterocycles. The first-order valence-corrected chi connectivity index (χ1v) is 8.87. The second-order valence-electron chi connectivity index (χ2n) is 6.75. The Labute approximate surface area is 135 Å². The molecule has 1 rings (SSSR count). The normalized spacial score (nSPS) is 18.4. The van der Waals surface area contributed by atoms with Crippen LogP contribution in [0.15, 0.2) is 0 Å². The molecule has 0 aromatic rings. The van der Waals surface area contributed by atoms with Crippen molar-refractivity contribution in [3.05, 3.63) is 0 Å². The van der Waals surface area contributed by atoms with Gasteiger partial charge in [-0.15, -0.1) is 4.52 Å². The van der Waals surface area contributed by atoms with Crippen molar-refractivity contribution in [2.45, 2.75) is 77.7 Å². The number of nitrogens with zero attached hydrogens (tertiary/aromatic N) is 1. The molecule has 1 aliphatic rings. The zero-order valence-electron chi connectivity index (χ0n) is 14.4. The van der Waals surface area contributed by atoms with E-state index in [-0.39, 0.29) is 12.1 Å². The van der Waals surface area contributed by atoms with E-state index in [9.17, 15) is 9.36 Å². The number of hydrogen-bond acceptors (Lipinski definition) is 5. The topological polar surface area (TPSA) is 67.9 Å². The summed E-state index contributed by atoms with van der Waals surface area (Å²) in [6.07, 6.45) is 2.91. The first-order valence-electron chi connectivity index (χ1n) is 8.06. The molecule has 1 amide bonds. The minimum absolute atomic E-state index is 0.118. The smallest absolute Gasteiger partial charge is 0.444 e. The molecule has 0 aromatic heterocycles. The molecule has 1 atom stereocenters. The predicted octanol–water partition coefficient (Wildman–Crippen LogP) is 3.45.